The van der Waals surface area contributed by atoms with Gasteiger partial charge in [0.2, 0.25) is 0 Å². The number of halogens is 1. The van der Waals surface area contributed by atoms with Gasteiger partial charge in [-0.05, 0) is 55.7 Å². The molecule has 0 bridgehead atoms. The van der Waals surface area contributed by atoms with Crippen LogP contribution in [-0.2, 0) is 0 Å². The van der Waals surface area contributed by atoms with E-state index >= 15 is 0 Å². The third kappa shape index (κ3) is 3.22. The van der Waals surface area contributed by atoms with Crippen molar-refractivity contribution in [2.45, 2.75) is 44.2 Å². The van der Waals surface area contributed by atoms with Crippen molar-refractivity contribution in [3.63, 3.8) is 0 Å². The van der Waals surface area contributed by atoms with Crippen molar-refractivity contribution in [3.05, 3.63) is 39.8 Å². The zero-order chi connectivity index (χ0) is 14.8. The summed E-state index contributed by atoms with van der Waals surface area (Å²) < 4.78 is 6.06. The minimum atomic E-state index is -0.138. The lowest BCUT2D eigenvalue weighted by Crippen LogP contribution is -2.20. The fourth-order valence-corrected chi connectivity index (χ4v) is 3.08. The minimum Gasteiger partial charge on any atom is -0.489 e. The van der Waals surface area contributed by atoms with Crippen molar-refractivity contribution in [3.8, 4) is 5.75 Å². The van der Waals surface area contributed by atoms with Gasteiger partial charge in [0.1, 0.15) is 5.75 Å². The lowest BCUT2D eigenvalue weighted by molar-refractivity contribution is 0.183. The molecule has 1 aromatic heterocycles. The van der Waals surface area contributed by atoms with Crippen molar-refractivity contribution < 1.29 is 4.74 Å². The van der Waals surface area contributed by atoms with Gasteiger partial charge in [-0.2, -0.15) is 0 Å². The molecule has 3 rings (SSSR count). The van der Waals surface area contributed by atoms with Gasteiger partial charge < -0.3 is 15.5 Å². The number of benzene rings is 1. The zero-order valence-electron chi connectivity index (χ0n) is 11.8. The zero-order valence-corrected chi connectivity index (χ0v) is 12.5. The molecule has 1 aliphatic rings. The Morgan fingerprint density at radius 3 is 2.95 bits per heavy atom. The van der Waals surface area contributed by atoms with Gasteiger partial charge in [0.15, 0.2) is 0 Å². The van der Waals surface area contributed by atoms with Crippen LogP contribution in [-0.4, -0.2) is 17.1 Å². The highest BCUT2D eigenvalue weighted by Crippen LogP contribution is 2.31. The molecule has 0 spiro atoms. The summed E-state index contributed by atoms with van der Waals surface area (Å²) >= 11 is 6.26. The standard InChI is InChI=1S/C16H19ClN2O2/c17-14-9-13-10(6-7-19-16(13)20)8-15(14)21-12-3-1-2-11(18)4-5-12/h6-9,11-12H,1-5,18H2,(H,19,20)/t11-,12?/m0/s1. The van der Waals surface area contributed by atoms with E-state index in [1.165, 1.54) is 0 Å². The van der Waals surface area contributed by atoms with Crippen molar-refractivity contribution >= 4 is 22.4 Å². The summed E-state index contributed by atoms with van der Waals surface area (Å²) in [5, 5.41) is 1.90. The molecule has 5 heteroatoms. The van der Waals surface area contributed by atoms with E-state index < -0.39 is 0 Å². The summed E-state index contributed by atoms with van der Waals surface area (Å²) in [6.45, 7) is 0. The van der Waals surface area contributed by atoms with Gasteiger partial charge in [-0.15, -0.1) is 0 Å². The van der Waals surface area contributed by atoms with Crippen LogP contribution >= 0.6 is 11.6 Å². The number of aromatic nitrogens is 1. The predicted octanol–water partition coefficient (Wildman–Crippen LogP) is 3.22. The van der Waals surface area contributed by atoms with Crippen molar-refractivity contribution in [1.29, 1.82) is 0 Å². The molecule has 1 fully saturated rings. The maximum Gasteiger partial charge on any atom is 0.255 e. The normalized spacial score (nSPS) is 23.0. The van der Waals surface area contributed by atoms with Crippen LogP contribution in [0.4, 0.5) is 0 Å². The number of hydrogen-bond acceptors (Lipinski definition) is 3. The summed E-state index contributed by atoms with van der Waals surface area (Å²) in [5.74, 6) is 0.648. The van der Waals surface area contributed by atoms with Gasteiger partial charge in [0.05, 0.1) is 11.1 Å². The fourth-order valence-electron chi connectivity index (χ4n) is 2.87. The Labute approximate surface area is 128 Å². The first-order valence-corrected chi connectivity index (χ1v) is 7.74. The molecule has 112 valence electrons. The third-order valence-electron chi connectivity index (χ3n) is 4.08. The highest BCUT2D eigenvalue weighted by Gasteiger charge is 2.19. The summed E-state index contributed by atoms with van der Waals surface area (Å²) in [6, 6.07) is 5.65. The van der Waals surface area contributed by atoms with E-state index in [0.29, 0.717) is 16.2 Å². The lowest BCUT2D eigenvalue weighted by Gasteiger charge is -2.18. The van der Waals surface area contributed by atoms with E-state index in [1.807, 2.05) is 12.1 Å². The number of ether oxygens (including phenoxy) is 1. The molecule has 0 aliphatic heterocycles. The lowest BCUT2D eigenvalue weighted by atomic mass is 10.1. The molecule has 0 amide bonds. The maximum atomic E-state index is 11.7. The van der Waals surface area contributed by atoms with E-state index in [4.69, 9.17) is 22.1 Å². The molecule has 4 nitrogen and oxygen atoms in total. The van der Waals surface area contributed by atoms with Crippen molar-refractivity contribution in [2.24, 2.45) is 5.73 Å². The molecular formula is C16H19ClN2O2. The smallest absolute Gasteiger partial charge is 0.255 e. The monoisotopic (exact) mass is 306 g/mol. The molecule has 1 aliphatic carbocycles. The number of fused-ring (bicyclic) bond motifs is 1. The van der Waals surface area contributed by atoms with Crippen LogP contribution in [0.25, 0.3) is 10.8 Å². The van der Waals surface area contributed by atoms with Crippen LogP contribution in [0.15, 0.2) is 29.2 Å². The Morgan fingerprint density at radius 1 is 1.24 bits per heavy atom. The number of aromatic amines is 1. The van der Waals surface area contributed by atoms with Gasteiger partial charge in [0.25, 0.3) is 5.56 Å². The maximum absolute atomic E-state index is 11.7. The highest BCUT2D eigenvalue weighted by molar-refractivity contribution is 6.32. The van der Waals surface area contributed by atoms with Crippen LogP contribution in [0, 0.1) is 0 Å². The molecule has 2 atom stereocenters. The Hall–Kier alpha value is -1.52. The van der Waals surface area contributed by atoms with Crippen molar-refractivity contribution in [2.75, 3.05) is 0 Å². The minimum absolute atomic E-state index is 0.138. The number of hydrogen-bond donors (Lipinski definition) is 2. The molecule has 1 heterocycles. The van der Waals surface area contributed by atoms with Crippen molar-refractivity contribution in [1.82, 2.24) is 4.98 Å². The number of pyridine rings is 1. The first kappa shape index (κ1) is 14.4. The Bertz CT molecular complexity index is 698. The van der Waals surface area contributed by atoms with E-state index in [0.717, 1.165) is 37.5 Å². The fraction of sp³-hybridized carbons (Fsp3) is 0.438. The summed E-state index contributed by atoms with van der Waals surface area (Å²) in [4.78, 5) is 14.4. The predicted molar refractivity (Wildman–Crippen MR) is 85.1 cm³/mol. The van der Waals surface area contributed by atoms with E-state index in [1.54, 1.807) is 12.3 Å². The largest absolute Gasteiger partial charge is 0.489 e. The SMILES string of the molecule is N[C@H]1CCCC(Oc2cc3cc[nH]c(=O)c3cc2Cl)CC1. The molecule has 2 aromatic rings. The first-order valence-electron chi connectivity index (χ1n) is 7.36. The molecule has 0 radical (unpaired) electrons. The van der Waals surface area contributed by atoms with Crippen LogP contribution in [0.2, 0.25) is 5.02 Å². The number of nitrogens with two attached hydrogens (primary N) is 1. The van der Waals surface area contributed by atoms with Gasteiger partial charge in [0, 0.05) is 17.6 Å². The second-order valence-corrected chi connectivity index (χ2v) is 6.09. The topological polar surface area (TPSA) is 68.1 Å². The number of rotatable bonds is 2. The number of H-pyrrole nitrogens is 1. The second-order valence-electron chi connectivity index (χ2n) is 5.68. The summed E-state index contributed by atoms with van der Waals surface area (Å²) in [5.41, 5.74) is 5.85. The molecule has 1 unspecified atom stereocenters. The van der Waals surface area contributed by atoms with Crippen LogP contribution in [0.5, 0.6) is 5.75 Å². The average Bonchev–Trinajstić information content (AvgIpc) is 2.66. The number of nitrogens with one attached hydrogen (secondary N) is 1. The molecule has 0 saturated heterocycles. The Morgan fingerprint density at radius 2 is 2.10 bits per heavy atom. The average molecular weight is 307 g/mol. The second kappa shape index (κ2) is 6.08. The van der Waals surface area contributed by atoms with Gasteiger partial charge in [-0.1, -0.05) is 11.6 Å². The summed E-state index contributed by atoms with van der Waals surface area (Å²) in [7, 11) is 0. The molecule has 1 saturated carbocycles. The molecular weight excluding hydrogens is 288 g/mol. The van der Waals surface area contributed by atoms with Crippen LogP contribution in [0.1, 0.15) is 32.1 Å². The van der Waals surface area contributed by atoms with E-state index in [2.05, 4.69) is 4.98 Å². The first-order chi connectivity index (χ1) is 10.1. The van der Waals surface area contributed by atoms with Gasteiger partial charge in [-0.3, -0.25) is 4.79 Å². The molecule has 3 N–H and O–H groups in total. The summed E-state index contributed by atoms with van der Waals surface area (Å²) in [6.07, 6.45) is 6.85. The van der Waals surface area contributed by atoms with Crippen LogP contribution in [0.3, 0.4) is 0 Å². The van der Waals surface area contributed by atoms with Crippen LogP contribution < -0.4 is 16.0 Å². The molecule has 1 aromatic carbocycles. The van der Waals surface area contributed by atoms with Gasteiger partial charge in [-0.25, -0.2) is 0 Å². The molecule has 21 heavy (non-hydrogen) atoms. The van der Waals surface area contributed by atoms with E-state index in [-0.39, 0.29) is 17.7 Å². The van der Waals surface area contributed by atoms with E-state index in [9.17, 15) is 4.79 Å². The quantitative estimate of drug-likeness (QED) is 0.837. The Balaban J connectivity index is 1.86. The van der Waals surface area contributed by atoms with Gasteiger partial charge >= 0.3 is 0 Å². The third-order valence-corrected chi connectivity index (χ3v) is 4.38. The highest BCUT2D eigenvalue weighted by atomic mass is 35.5. The Kier molecular flexibility index (Phi) is 4.17.